The molecule has 1 aromatic heterocycles. The molecule has 2 aromatic rings. The van der Waals surface area contributed by atoms with E-state index in [9.17, 15) is 4.79 Å². The Labute approximate surface area is 98.5 Å². The molecule has 5 nitrogen and oxygen atoms in total. The van der Waals surface area contributed by atoms with Crippen molar-refractivity contribution in [2.45, 2.75) is 13.3 Å². The lowest BCUT2D eigenvalue weighted by Crippen LogP contribution is -2.08. The van der Waals surface area contributed by atoms with Gasteiger partial charge in [0.05, 0.1) is 11.3 Å². The lowest BCUT2D eigenvalue weighted by molar-refractivity contribution is 0.0697. The molecule has 0 fully saturated rings. The van der Waals surface area contributed by atoms with Crippen LogP contribution in [0.2, 0.25) is 0 Å². The zero-order valence-corrected chi connectivity index (χ0v) is 9.42. The minimum atomic E-state index is -0.997. The molecule has 0 unspecified atom stereocenters. The van der Waals surface area contributed by atoms with Gasteiger partial charge in [0.1, 0.15) is 5.82 Å². The summed E-state index contributed by atoms with van der Waals surface area (Å²) in [6, 6.07) is 4.83. The number of carboxylic acid groups (broad SMARTS) is 1. The minimum Gasteiger partial charge on any atom is -0.478 e. The van der Waals surface area contributed by atoms with Crippen molar-refractivity contribution in [1.29, 1.82) is 0 Å². The third kappa shape index (κ3) is 1.99. The average Bonchev–Trinajstić information content (AvgIpc) is 2.76. The van der Waals surface area contributed by atoms with Gasteiger partial charge in [0.15, 0.2) is 0 Å². The van der Waals surface area contributed by atoms with Crippen molar-refractivity contribution >= 4 is 11.7 Å². The van der Waals surface area contributed by atoms with Gasteiger partial charge in [-0.25, -0.2) is 9.78 Å². The maximum absolute atomic E-state index is 11.2. The predicted octanol–water partition coefficient (Wildman–Crippen LogP) is 1.72. The number of nitrogens with zero attached hydrogens (tertiary/aromatic N) is 2. The van der Waals surface area contributed by atoms with Gasteiger partial charge in [-0.05, 0) is 18.2 Å². The molecule has 0 spiro atoms. The fraction of sp³-hybridized carbons (Fsp3) is 0.167. The first-order chi connectivity index (χ1) is 8.13. The fourth-order valence-corrected chi connectivity index (χ4v) is 1.75. The molecule has 17 heavy (non-hydrogen) atoms. The Hall–Kier alpha value is -2.30. The molecule has 88 valence electrons. The molecular formula is C12H13N3O2. The molecule has 0 radical (unpaired) electrons. The number of benzene rings is 1. The fourth-order valence-electron chi connectivity index (χ4n) is 1.75. The largest absolute Gasteiger partial charge is 0.478 e. The minimum absolute atomic E-state index is 0.178. The number of nitrogens with two attached hydrogens (primary N) is 1. The zero-order valence-electron chi connectivity index (χ0n) is 9.42. The second-order valence-electron chi connectivity index (χ2n) is 3.65. The summed E-state index contributed by atoms with van der Waals surface area (Å²) in [6.45, 7) is 1.97. The number of carbonyl (C=O) groups is 1. The first kappa shape index (κ1) is 11.2. The van der Waals surface area contributed by atoms with Crippen LogP contribution in [0.4, 0.5) is 5.69 Å². The SMILES string of the molecule is CCc1nccn1-c1ccc(N)cc1C(=O)O. The van der Waals surface area contributed by atoms with Crippen LogP contribution in [0.5, 0.6) is 0 Å². The number of carboxylic acids is 1. The van der Waals surface area contributed by atoms with E-state index in [1.807, 2.05) is 6.92 Å². The number of hydrogen-bond acceptors (Lipinski definition) is 3. The van der Waals surface area contributed by atoms with Crippen molar-refractivity contribution in [3.05, 3.63) is 42.0 Å². The van der Waals surface area contributed by atoms with Crippen molar-refractivity contribution in [3.63, 3.8) is 0 Å². The highest BCUT2D eigenvalue weighted by molar-refractivity contribution is 5.93. The number of rotatable bonds is 3. The van der Waals surface area contributed by atoms with Crippen molar-refractivity contribution < 1.29 is 9.90 Å². The standard InChI is InChI=1S/C12H13N3O2/c1-2-11-14-5-6-15(11)10-4-3-8(13)7-9(10)12(16)17/h3-7H,2,13H2,1H3,(H,16,17). The number of aryl methyl sites for hydroxylation is 1. The van der Waals surface area contributed by atoms with E-state index < -0.39 is 5.97 Å². The normalized spacial score (nSPS) is 10.4. The number of nitrogen functional groups attached to an aromatic ring is 1. The third-order valence-electron chi connectivity index (χ3n) is 2.54. The molecule has 0 aliphatic rings. The first-order valence-electron chi connectivity index (χ1n) is 5.29. The van der Waals surface area contributed by atoms with Crippen molar-refractivity contribution in [2.24, 2.45) is 0 Å². The molecule has 0 saturated carbocycles. The second kappa shape index (κ2) is 4.29. The van der Waals surface area contributed by atoms with E-state index in [2.05, 4.69) is 4.98 Å². The molecule has 2 rings (SSSR count). The molecule has 1 aromatic carbocycles. The molecule has 0 aliphatic carbocycles. The van der Waals surface area contributed by atoms with Crippen LogP contribution in [0.15, 0.2) is 30.6 Å². The van der Waals surface area contributed by atoms with Gasteiger partial charge in [-0.15, -0.1) is 0 Å². The van der Waals surface area contributed by atoms with E-state index in [0.717, 1.165) is 12.2 Å². The highest BCUT2D eigenvalue weighted by Crippen LogP contribution is 2.19. The van der Waals surface area contributed by atoms with Gasteiger partial charge in [0.2, 0.25) is 0 Å². The van der Waals surface area contributed by atoms with Crippen LogP contribution >= 0.6 is 0 Å². The second-order valence-corrected chi connectivity index (χ2v) is 3.65. The lowest BCUT2D eigenvalue weighted by atomic mass is 10.1. The van der Waals surface area contributed by atoms with Crippen LogP contribution in [-0.4, -0.2) is 20.6 Å². The summed E-state index contributed by atoms with van der Waals surface area (Å²) in [7, 11) is 0. The summed E-state index contributed by atoms with van der Waals surface area (Å²) in [5.41, 5.74) is 6.80. The Morgan fingerprint density at radius 1 is 1.53 bits per heavy atom. The quantitative estimate of drug-likeness (QED) is 0.788. The molecule has 0 amide bonds. The van der Waals surface area contributed by atoms with Gasteiger partial charge < -0.3 is 15.4 Å². The Balaban J connectivity index is 2.63. The van der Waals surface area contributed by atoms with Crippen LogP contribution in [0, 0.1) is 0 Å². The number of imidazole rings is 1. The Morgan fingerprint density at radius 3 is 2.94 bits per heavy atom. The lowest BCUT2D eigenvalue weighted by Gasteiger charge is -2.10. The predicted molar refractivity (Wildman–Crippen MR) is 64.3 cm³/mol. The van der Waals surface area contributed by atoms with E-state index in [4.69, 9.17) is 10.8 Å². The summed E-state index contributed by atoms with van der Waals surface area (Å²) in [5, 5.41) is 9.16. The van der Waals surface area contributed by atoms with E-state index in [-0.39, 0.29) is 5.56 Å². The van der Waals surface area contributed by atoms with E-state index in [1.165, 1.54) is 6.07 Å². The van der Waals surface area contributed by atoms with E-state index in [0.29, 0.717) is 11.4 Å². The van der Waals surface area contributed by atoms with Gasteiger partial charge >= 0.3 is 5.97 Å². The van der Waals surface area contributed by atoms with Gasteiger partial charge in [-0.2, -0.15) is 0 Å². The van der Waals surface area contributed by atoms with Gasteiger partial charge in [0.25, 0.3) is 0 Å². The Bertz CT molecular complexity index is 561. The molecule has 0 aliphatic heterocycles. The monoisotopic (exact) mass is 231 g/mol. The molecule has 0 bridgehead atoms. The highest BCUT2D eigenvalue weighted by atomic mass is 16.4. The molecule has 0 saturated heterocycles. The van der Waals surface area contributed by atoms with Crippen LogP contribution in [-0.2, 0) is 6.42 Å². The summed E-state index contributed by atoms with van der Waals surface area (Å²) in [4.78, 5) is 15.4. The number of aromatic carboxylic acids is 1. The molecule has 3 N–H and O–H groups in total. The van der Waals surface area contributed by atoms with Crippen LogP contribution in [0.3, 0.4) is 0 Å². The van der Waals surface area contributed by atoms with Gasteiger partial charge in [-0.3, -0.25) is 0 Å². The zero-order chi connectivity index (χ0) is 12.4. The molecular weight excluding hydrogens is 218 g/mol. The van der Waals surface area contributed by atoms with Crippen molar-refractivity contribution in [3.8, 4) is 5.69 Å². The van der Waals surface area contributed by atoms with Crippen LogP contribution in [0.1, 0.15) is 23.1 Å². The molecule has 5 heteroatoms. The average molecular weight is 231 g/mol. The first-order valence-corrected chi connectivity index (χ1v) is 5.29. The molecule has 1 heterocycles. The van der Waals surface area contributed by atoms with Gasteiger partial charge in [0, 0.05) is 24.5 Å². The van der Waals surface area contributed by atoms with E-state index >= 15 is 0 Å². The number of anilines is 1. The summed E-state index contributed by atoms with van der Waals surface area (Å²) in [5.74, 6) is -0.180. The van der Waals surface area contributed by atoms with Crippen molar-refractivity contribution in [1.82, 2.24) is 9.55 Å². The summed E-state index contributed by atoms with van der Waals surface area (Å²) >= 11 is 0. The topological polar surface area (TPSA) is 81.1 Å². The summed E-state index contributed by atoms with van der Waals surface area (Å²) < 4.78 is 1.77. The third-order valence-corrected chi connectivity index (χ3v) is 2.54. The maximum Gasteiger partial charge on any atom is 0.337 e. The van der Waals surface area contributed by atoms with Crippen molar-refractivity contribution in [2.75, 3.05) is 5.73 Å². The van der Waals surface area contributed by atoms with E-state index in [1.54, 1.807) is 29.1 Å². The van der Waals surface area contributed by atoms with Crippen LogP contribution < -0.4 is 5.73 Å². The van der Waals surface area contributed by atoms with Crippen LogP contribution in [0.25, 0.3) is 5.69 Å². The summed E-state index contributed by atoms with van der Waals surface area (Å²) in [6.07, 6.45) is 4.13. The molecule has 0 atom stereocenters. The Kier molecular flexibility index (Phi) is 2.82. The smallest absolute Gasteiger partial charge is 0.337 e. The number of aromatic nitrogens is 2. The Morgan fingerprint density at radius 2 is 2.29 bits per heavy atom. The highest BCUT2D eigenvalue weighted by Gasteiger charge is 2.13. The maximum atomic E-state index is 11.2. The number of hydrogen-bond donors (Lipinski definition) is 2. The van der Waals surface area contributed by atoms with Gasteiger partial charge in [-0.1, -0.05) is 6.92 Å².